The molecule has 0 unspecified atom stereocenters. The molecule has 0 saturated heterocycles. The standard InChI is InChI=1S/C14H15NO2/c1-11(16)13-4-6-14(7-5-13)17-10-12-3-2-8-15-9-12/h2-9,11,16H,10H2,1H3/t11-/m0/s1. The molecule has 3 heteroatoms. The zero-order valence-corrected chi connectivity index (χ0v) is 9.71. The summed E-state index contributed by atoms with van der Waals surface area (Å²) in [5, 5.41) is 9.37. The van der Waals surface area contributed by atoms with Gasteiger partial charge in [0.25, 0.3) is 0 Å². The fourth-order valence-corrected chi connectivity index (χ4v) is 1.49. The molecule has 2 aromatic rings. The van der Waals surface area contributed by atoms with E-state index >= 15 is 0 Å². The molecule has 1 heterocycles. The SMILES string of the molecule is C[C@H](O)c1ccc(OCc2cccnc2)cc1. The predicted octanol–water partition coefficient (Wildman–Crippen LogP) is 2.71. The van der Waals surface area contributed by atoms with Crippen molar-refractivity contribution in [2.24, 2.45) is 0 Å². The van der Waals surface area contributed by atoms with E-state index in [4.69, 9.17) is 4.74 Å². The summed E-state index contributed by atoms with van der Waals surface area (Å²) in [7, 11) is 0. The van der Waals surface area contributed by atoms with E-state index in [0.717, 1.165) is 16.9 Å². The van der Waals surface area contributed by atoms with Gasteiger partial charge >= 0.3 is 0 Å². The van der Waals surface area contributed by atoms with Crippen LogP contribution < -0.4 is 4.74 Å². The molecule has 1 aromatic heterocycles. The van der Waals surface area contributed by atoms with Crippen LogP contribution in [0.5, 0.6) is 5.75 Å². The highest BCUT2D eigenvalue weighted by molar-refractivity contribution is 5.28. The van der Waals surface area contributed by atoms with Crippen LogP contribution in [0.15, 0.2) is 48.8 Å². The number of benzene rings is 1. The normalized spacial score (nSPS) is 12.1. The van der Waals surface area contributed by atoms with Crippen molar-refractivity contribution >= 4 is 0 Å². The zero-order chi connectivity index (χ0) is 12.1. The molecule has 2 rings (SSSR count). The largest absolute Gasteiger partial charge is 0.489 e. The lowest BCUT2D eigenvalue weighted by Crippen LogP contribution is -1.96. The Morgan fingerprint density at radius 2 is 2.00 bits per heavy atom. The predicted molar refractivity (Wildman–Crippen MR) is 65.6 cm³/mol. The number of hydrogen-bond donors (Lipinski definition) is 1. The van der Waals surface area contributed by atoms with Crippen molar-refractivity contribution in [2.75, 3.05) is 0 Å². The van der Waals surface area contributed by atoms with Crippen molar-refractivity contribution in [3.63, 3.8) is 0 Å². The first-order chi connectivity index (χ1) is 8.25. The smallest absolute Gasteiger partial charge is 0.119 e. The number of hydrogen-bond acceptors (Lipinski definition) is 3. The van der Waals surface area contributed by atoms with Crippen LogP contribution in [-0.2, 0) is 6.61 Å². The molecule has 1 atom stereocenters. The fraction of sp³-hybridized carbons (Fsp3) is 0.214. The van der Waals surface area contributed by atoms with Crippen molar-refractivity contribution in [1.82, 2.24) is 4.98 Å². The third-order valence-corrected chi connectivity index (χ3v) is 2.49. The molecule has 0 saturated carbocycles. The van der Waals surface area contributed by atoms with Gasteiger partial charge in [-0.25, -0.2) is 0 Å². The number of ether oxygens (including phenoxy) is 1. The van der Waals surface area contributed by atoms with Gasteiger partial charge in [-0.1, -0.05) is 18.2 Å². The third-order valence-electron chi connectivity index (χ3n) is 2.49. The fourth-order valence-electron chi connectivity index (χ4n) is 1.49. The molecule has 0 spiro atoms. The number of rotatable bonds is 4. The molecular formula is C14H15NO2. The van der Waals surface area contributed by atoms with E-state index < -0.39 is 6.10 Å². The second kappa shape index (κ2) is 5.46. The maximum Gasteiger partial charge on any atom is 0.119 e. The Bertz CT molecular complexity index is 451. The van der Waals surface area contributed by atoms with Crippen molar-refractivity contribution < 1.29 is 9.84 Å². The van der Waals surface area contributed by atoms with E-state index in [2.05, 4.69) is 4.98 Å². The summed E-state index contributed by atoms with van der Waals surface area (Å²) in [5.41, 5.74) is 1.92. The number of pyridine rings is 1. The van der Waals surface area contributed by atoms with Crippen LogP contribution >= 0.6 is 0 Å². The Morgan fingerprint density at radius 1 is 1.24 bits per heavy atom. The Labute approximate surface area is 101 Å². The molecule has 0 amide bonds. The van der Waals surface area contributed by atoms with Crippen LogP contribution in [0.4, 0.5) is 0 Å². The lowest BCUT2D eigenvalue weighted by atomic mass is 10.1. The second-order valence-electron chi connectivity index (χ2n) is 3.89. The first-order valence-corrected chi connectivity index (χ1v) is 5.55. The van der Waals surface area contributed by atoms with Gasteiger partial charge in [-0.05, 0) is 30.7 Å². The van der Waals surface area contributed by atoms with Crippen LogP contribution in [0.25, 0.3) is 0 Å². The maximum absolute atomic E-state index is 9.37. The van der Waals surface area contributed by atoms with Gasteiger partial charge in [0, 0.05) is 18.0 Å². The van der Waals surface area contributed by atoms with Crippen LogP contribution in [0, 0.1) is 0 Å². The van der Waals surface area contributed by atoms with Gasteiger partial charge in [0.1, 0.15) is 12.4 Å². The average molecular weight is 229 g/mol. The lowest BCUT2D eigenvalue weighted by molar-refractivity contribution is 0.199. The molecule has 0 aliphatic rings. The molecule has 0 fully saturated rings. The first kappa shape index (κ1) is 11.6. The summed E-state index contributed by atoms with van der Waals surface area (Å²) in [6.45, 7) is 2.24. The van der Waals surface area contributed by atoms with E-state index in [0.29, 0.717) is 6.61 Å². The quantitative estimate of drug-likeness (QED) is 0.876. The van der Waals surface area contributed by atoms with Gasteiger partial charge in [-0.2, -0.15) is 0 Å². The summed E-state index contributed by atoms with van der Waals surface area (Å²) >= 11 is 0. The summed E-state index contributed by atoms with van der Waals surface area (Å²) in [5.74, 6) is 0.790. The molecule has 0 aliphatic carbocycles. The van der Waals surface area contributed by atoms with Gasteiger partial charge < -0.3 is 9.84 Å². The molecule has 0 aliphatic heterocycles. The highest BCUT2D eigenvalue weighted by atomic mass is 16.5. The Balaban J connectivity index is 1.96. The lowest BCUT2D eigenvalue weighted by Gasteiger charge is -2.08. The number of aliphatic hydroxyl groups excluding tert-OH is 1. The molecular weight excluding hydrogens is 214 g/mol. The first-order valence-electron chi connectivity index (χ1n) is 5.55. The Hall–Kier alpha value is -1.87. The number of nitrogens with zero attached hydrogens (tertiary/aromatic N) is 1. The van der Waals surface area contributed by atoms with E-state index in [1.807, 2.05) is 36.4 Å². The monoisotopic (exact) mass is 229 g/mol. The van der Waals surface area contributed by atoms with Crippen LogP contribution in [-0.4, -0.2) is 10.1 Å². The Kier molecular flexibility index (Phi) is 3.73. The molecule has 0 radical (unpaired) electrons. The van der Waals surface area contributed by atoms with Crippen LogP contribution in [0.3, 0.4) is 0 Å². The molecule has 3 nitrogen and oxygen atoms in total. The Morgan fingerprint density at radius 3 is 2.59 bits per heavy atom. The van der Waals surface area contributed by atoms with Gasteiger partial charge in [0.2, 0.25) is 0 Å². The van der Waals surface area contributed by atoms with E-state index in [9.17, 15) is 5.11 Å². The van der Waals surface area contributed by atoms with Gasteiger partial charge in [0.05, 0.1) is 6.10 Å². The molecule has 1 aromatic carbocycles. The number of aliphatic hydroxyl groups is 1. The topological polar surface area (TPSA) is 42.4 Å². The van der Waals surface area contributed by atoms with E-state index in [1.165, 1.54) is 0 Å². The summed E-state index contributed by atoms with van der Waals surface area (Å²) in [6, 6.07) is 11.3. The molecule has 17 heavy (non-hydrogen) atoms. The highest BCUT2D eigenvalue weighted by Gasteiger charge is 2.00. The van der Waals surface area contributed by atoms with Crippen molar-refractivity contribution in [3.05, 3.63) is 59.9 Å². The van der Waals surface area contributed by atoms with Crippen molar-refractivity contribution in [1.29, 1.82) is 0 Å². The summed E-state index contributed by atoms with van der Waals surface area (Å²) < 4.78 is 5.61. The molecule has 88 valence electrons. The minimum atomic E-state index is -0.442. The number of aromatic nitrogens is 1. The zero-order valence-electron chi connectivity index (χ0n) is 9.71. The van der Waals surface area contributed by atoms with Gasteiger partial charge in [-0.3, -0.25) is 4.98 Å². The van der Waals surface area contributed by atoms with E-state index in [-0.39, 0.29) is 0 Å². The molecule has 0 bridgehead atoms. The van der Waals surface area contributed by atoms with Crippen LogP contribution in [0.2, 0.25) is 0 Å². The molecule has 1 N–H and O–H groups in total. The third kappa shape index (κ3) is 3.29. The van der Waals surface area contributed by atoms with Crippen LogP contribution in [0.1, 0.15) is 24.2 Å². The van der Waals surface area contributed by atoms with Crippen molar-refractivity contribution in [3.8, 4) is 5.75 Å². The highest BCUT2D eigenvalue weighted by Crippen LogP contribution is 2.18. The summed E-state index contributed by atoms with van der Waals surface area (Å²) in [4.78, 5) is 4.02. The second-order valence-corrected chi connectivity index (χ2v) is 3.89. The van der Waals surface area contributed by atoms with Gasteiger partial charge in [0.15, 0.2) is 0 Å². The maximum atomic E-state index is 9.37. The van der Waals surface area contributed by atoms with Gasteiger partial charge in [-0.15, -0.1) is 0 Å². The summed E-state index contributed by atoms with van der Waals surface area (Å²) in [6.07, 6.45) is 3.08. The van der Waals surface area contributed by atoms with E-state index in [1.54, 1.807) is 19.3 Å². The average Bonchev–Trinajstić information content (AvgIpc) is 2.38. The van der Waals surface area contributed by atoms with Crippen molar-refractivity contribution in [2.45, 2.75) is 19.6 Å². The minimum absolute atomic E-state index is 0.442. The minimum Gasteiger partial charge on any atom is -0.489 e.